The zero-order valence-corrected chi connectivity index (χ0v) is 19.7. The van der Waals surface area contributed by atoms with Crippen molar-refractivity contribution in [3.8, 4) is 17.2 Å². The number of hydrogen-bond donors (Lipinski definition) is 2. The predicted molar refractivity (Wildman–Crippen MR) is 126 cm³/mol. The number of halogens is 1. The lowest BCUT2D eigenvalue weighted by Crippen LogP contribution is -2.27. The highest BCUT2D eigenvalue weighted by molar-refractivity contribution is 7.92. The SMILES string of the molecule is COc1ccc(S(=O)(=O)Nc2ccccc2C(=O)NCCc2ccc(OC)c(OC)c2)cc1F. The van der Waals surface area contributed by atoms with Gasteiger partial charge in [0.15, 0.2) is 23.1 Å². The second-order valence-corrected chi connectivity index (χ2v) is 8.83. The lowest BCUT2D eigenvalue weighted by molar-refractivity contribution is 0.0955. The van der Waals surface area contributed by atoms with Crippen LogP contribution < -0.4 is 24.2 Å². The van der Waals surface area contributed by atoms with E-state index in [4.69, 9.17) is 14.2 Å². The van der Waals surface area contributed by atoms with Gasteiger partial charge in [-0.05, 0) is 54.4 Å². The monoisotopic (exact) mass is 488 g/mol. The predicted octanol–water partition coefficient (Wildman–Crippen LogP) is 3.62. The van der Waals surface area contributed by atoms with Gasteiger partial charge < -0.3 is 19.5 Å². The molecular formula is C24H25FN2O6S. The molecule has 3 aromatic rings. The lowest BCUT2D eigenvalue weighted by atomic mass is 10.1. The van der Waals surface area contributed by atoms with Crippen LogP contribution in [0.15, 0.2) is 65.6 Å². The Bertz CT molecular complexity index is 1280. The molecule has 8 nitrogen and oxygen atoms in total. The molecule has 0 fully saturated rings. The Labute approximate surface area is 197 Å². The summed E-state index contributed by atoms with van der Waals surface area (Å²) in [6, 6.07) is 14.9. The number of sulfonamides is 1. The highest BCUT2D eigenvalue weighted by Gasteiger charge is 2.20. The number of ether oxygens (including phenoxy) is 3. The molecule has 0 spiro atoms. The zero-order chi connectivity index (χ0) is 24.7. The summed E-state index contributed by atoms with van der Waals surface area (Å²) in [7, 11) is 0.230. The van der Waals surface area contributed by atoms with Crippen LogP contribution in [0.4, 0.5) is 10.1 Å². The number of nitrogens with one attached hydrogen (secondary N) is 2. The normalized spacial score (nSPS) is 10.9. The molecule has 2 N–H and O–H groups in total. The van der Waals surface area contributed by atoms with Gasteiger partial charge in [0.1, 0.15) is 0 Å². The van der Waals surface area contributed by atoms with E-state index in [9.17, 15) is 17.6 Å². The second kappa shape index (κ2) is 10.9. The van der Waals surface area contributed by atoms with E-state index in [0.717, 1.165) is 11.6 Å². The van der Waals surface area contributed by atoms with Gasteiger partial charge in [0.05, 0.1) is 37.5 Å². The Balaban J connectivity index is 1.71. The lowest BCUT2D eigenvalue weighted by Gasteiger charge is -2.14. The fourth-order valence-electron chi connectivity index (χ4n) is 3.24. The van der Waals surface area contributed by atoms with Crippen LogP contribution in [-0.4, -0.2) is 42.2 Å². The van der Waals surface area contributed by atoms with E-state index in [2.05, 4.69) is 10.0 Å². The van der Waals surface area contributed by atoms with Gasteiger partial charge in [-0.25, -0.2) is 12.8 Å². The van der Waals surface area contributed by atoms with E-state index >= 15 is 0 Å². The molecule has 180 valence electrons. The fourth-order valence-corrected chi connectivity index (χ4v) is 4.33. The summed E-state index contributed by atoms with van der Waals surface area (Å²) in [5, 5.41) is 2.78. The van der Waals surface area contributed by atoms with Crippen molar-refractivity contribution < 1.29 is 31.8 Å². The Kier molecular flexibility index (Phi) is 7.95. The van der Waals surface area contributed by atoms with Crippen LogP contribution in [0.1, 0.15) is 15.9 Å². The van der Waals surface area contributed by atoms with Crippen LogP contribution in [0, 0.1) is 5.82 Å². The van der Waals surface area contributed by atoms with Gasteiger partial charge in [-0.15, -0.1) is 0 Å². The Morgan fingerprint density at radius 2 is 1.56 bits per heavy atom. The minimum Gasteiger partial charge on any atom is -0.494 e. The molecule has 0 saturated carbocycles. The number of carbonyl (C=O) groups excluding carboxylic acids is 1. The van der Waals surface area contributed by atoms with Crippen LogP contribution >= 0.6 is 0 Å². The summed E-state index contributed by atoms with van der Waals surface area (Å²) >= 11 is 0. The molecule has 0 unspecified atom stereocenters. The van der Waals surface area contributed by atoms with Crippen molar-refractivity contribution >= 4 is 21.6 Å². The summed E-state index contributed by atoms with van der Waals surface area (Å²) in [5.41, 5.74) is 1.13. The van der Waals surface area contributed by atoms with E-state index < -0.39 is 21.7 Å². The second-order valence-electron chi connectivity index (χ2n) is 7.14. The molecule has 0 bridgehead atoms. The number of hydrogen-bond acceptors (Lipinski definition) is 6. The van der Waals surface area contributed by atoms with E-state index in [0.29, 0.717) is 24.5 Å². The third-order valence-corrected chi connectivity index (χ3v) is 6.36. The molecule has 10 heteroatoms. The molecule has 3 rings (SSSR count). The highest BCUT2D eigenvalue weighted by Crippen LogP contribution is 2.28. The number of para-hydroxylation sites is 1. The minimum atomic E-state index is -4.15. The molecule has 0 radical (unpaired) electrons. The topological polar surface area (TPSA) is 103 Å². The van der Waals surface area contributed by atoms with Crippen molar-refractivity contribution in [3.63, 3.8) is 0 Å². The van der Waals surface area contributed by atoms with Gasteiger partial charge in [0.25, 0.3) is 15.9 Å². The van der Waals surface area contributed by atoms with Crippen LogP contribution in [-0.2, 0) is 16.4 Å². The third-order valence-electron chi connectivity index (χ3n) is 5.00. The van der Waals surface area contributed by atoms with Crippen LogP contribution in [0.25, 0.3) is 0 Å². The van der Waals surface area contributed by atoms with Crippen molar-refractivity contribution in [1.29, 1.82) is 0 Å². The maximum Gasteiger partial charge on any atom is 0.262 e. The minimum absolute atomic E-state index is 0.0716. The molecule has 0 atom stereocenters. The first-order chi connectivity index (χ1) is 16.3. The number of rotatable bonds is 10. The quantitative estimate of drug-likeness (QED) is 0.452. The number of amides is 1. The van der Waals surface area contributed by atoms with E-state index in [1.165, 1.54) is 31.4 Å². The fraction of sp³-hybridized carbons (Fsp3) is 0.208. The number of carbonyl (C=O) groups is 1. The molecule has 0 aromatic heterocycles. The van der Waals surface area contributed by atoms with Gasteiger partial charge in [-0.1, -0.05) is 18.2 Å². The van der Waals surface area contributed by atoms with Gasteiger partial charge >= 0.3 is 0 Å². The van der Waals surface area contributed by atoms with Gasteiger partial charge in [0.2, 0.25) is 0 Å². The molecule has 3 aromatic carbocycles. The molecule has 34 heavy (non-hydrogen) atoms. The van der Waals surface area contributed by atoms with E-state index in [1.807, 2.05) is 12.1 Å². The van der Waals surface area contributed by atoms with E-state index in [1.54, 1.807) is 32.4 Å². The molecule has 0 heterocycles. The molecular weight excluding hydrogens is 463 g/mol. The molecule has 0 aliphatic rings. The summed E-state index contributed by atoms with van der Waals surface area (Å²) in [6.45, 7) is 0.305. The highest BCUT2D eigenvalue weighted by atomic mass is 32.2. The molecule has 0 saturated heterocycles. The summed E-state index contributed by atoms with van der Waals surface area (Å²) < 4.78 is 57.2. The van der Waals surface area contributed by atoms with Gasteiger partial charge in [-0.3, -0.25) is 9.52 Å². The Morgan fingerprint density at radius 1 is 0.882 bits per heavy atom. The zero-order valence-electron chi connectivity index (χ0n) is 18.9. The summed E-state index contributed by atoms with van der Waals surface area (Å²) in [6.07, 6.45) is 0.519. The van der Waals surface area contributed by atoms with Crippen LogP contribution in [0.2, 0.25) is 0 Å². The number of methoxy groups -OCH3 is 3. The first kappa shape index (κ1) is 24.8. The first-order valence-electron chi connectivity index (χ1n) is 10.2. The smallest absolute Gasteiger partial charge is 0.262 e. The molecule has 1 amide bonds. The van der Waals surface area contributed by atoms with Crippen LogP contribution in [0.5, 0.6) is 17.2 Å². The Hall–Kier alpha value is -3.79. The molecule has 0 aliphatic carbocycles. The van der Waals surface area contributed by atoms with E-state index in [-0.39, 0.29) is 21.9 Å². The van der Waals surface area contributed by atoms with Crippen molar-refractivity contribution in [1.82, 2.24) is 5.32 Å². The third kappa shape index (κ3) is 5.76. The maximum absolute atomic E-state index is 14.0. The maximum atomic E-state index is 14.0. The standard InChI is InChI=1S/C24H25FN2O6S/c1-31-21-11-9-17(15-19(21)25)34(29,30)27-20-7-5-4-6-18(20)24(28)26-13-12-16-8-10-22(32-2)23(14-16)33-3/h4-11,14-15,27H,12-13H2,1-3H3,(H,26,28). The largest absolute Gasteiger partial charge is 0.494 e. The van der Waals surface area contributed by atoms with Gasteiger partial charge in [-0.2, -0.15) is 0 Å². The van der Waals surface area contributed by atoms with Crippen molar-refractivity contribution in [2.75, 3.05) is 32.6 Å². The average molecular weight is 489 g/mol. The van der Waals surface area contributed by atoms with Gasteiger partial charge in [0, 0.05) is 6.54 Å². The number of anilines is 1. The summed E-state index contributed by atoms with van der Waals surface area (Å²) in [5.74, 6) is -0.159. The average Bonchev–Trinajstić information content (AvgIpc) is 2.83. The first-order valence-corrected chi connectivity index (χ1v) is 11.7. The van der Waals surface area contributed by atoms with Crippen molar-refractivity contribution in [3.05, 3.63) is 77.6 Å². The van der Waals surface area contributed by atoms with Crippen molar-refractivity contribution in [2.45, 2.75) is 11.3 Å². The summed E-state index contributed by atoms with van der Waals surface area (Å²) in [4.78, 5) is 12.5. The Morgan fingerprint density at radius 3 is 2.24 bits per heavy atom. The van der Waals surface area contributed by atoms with Crippen LogP contribution in [0.3, 0.4) is 0 Å². The van der Waals surface area contributed by atoms with Crippen molar-refractivity contribution in [2.24, 2.45) is 0 Å². The molecule has 0 aliphatic heterocycles. The number of benzene rings is 3.